The van der Waals surface area contributed by atoms with E-state index in [2.05, 4.69) is 26.0 Å². The molecule has 12 heteroatoms. The Morgan fingerprint density at radius 1 is 1.02 bits per heavy atom. The third-order valence-corrected chi connectivity index (χ3v) is 11.9. The highest BCUT2D eigenvalue weighted by Crippen LogP contribution is 2.53. The van der Waals surface area contributed by atoms with Crippen LogP contribution in [0, 0.1) is 18.2 Å². The van der Waals surface area contributed by atoms with Gasteiger partial charge in [0.05, 0.1) is 18.4 Å². The Morgan fingerprint density at radius 2 is 1.79 bits per heavy atom. The maximum atomic E-state index is 16.9. The van der Waals surface area contributed by atoms with Crippen LogP contribution in [0.15, 0.2) is 29.2 Å². The van der Waals surface area contributed by atoms with Crippen molar-refractivity contribution >= 4 is 40.1 Å². The van der Waals surface area contributed by atoms with Crippen LogP contribution in [0.2, 0.25) is 0 Å². The SMILES string of the molecule is C#Cc1c(F)ccc2cc(O)cc(C3=C(F)c4nc(OC)nc(N5CC6CCC(C5)N6)c4SN3C3CCC3)c12.FC1CC2CCCN2C1. The summed E-state index contributed by atoms with van der Waals surface area (Å²) in [5.41, 5.74) is 0.726. The molecule has 1 saturated carbocycles. The van der Waals surface area contributed by atoms with Crippen molar-refractivity contribution in [1.29, 1.82) is 0 Å². The monoisotopic (exact) mass is 676 g/mol. The first-order valence-electron chi connectivity index (χ1n) is 17.0. The largest absolute Gasteiger partial charge is 0.508 e. The highest BCUT2D eigenvalue weighted by Gasteiger charge is 2.41. The van der Waals surface area contributed by atoms with E-state index in [-0.39, 0.29) is 34.8 Å². The first kappa shape index (κ1) is 31.6. The molecule has 6 aliphatic rings. The summed E-state index contributed by atoms with van der Waals surface area (Å²) in [7, 11) is 1.47. The van der Waals surface area contributed by atoms with Crippen LogP contribution < -0.4 is 15.0 Å². The highest BCUT2D eigenvalue weighted by atomic mass is 32.2. The number of aromatic nitrogens is 2. The van der Waals surface area contributed by atoms with Crippen LogP contribution in [0.3, 0.4) is 0 Å². The van der Waals surface area contributed by atoms with Crippen molar-refractivity contribution in [2.75, 3.05) is 38.2 Å². The van der Waals surface area contributed by atoms with Crippen LogP contribution in [-0.2, 0) is 0 Å². The lowest BCUT2D eigenvalue weighted by Gasteiger charge is -2.43. The number of nitrogens with one attached hydrogen (secondary N) is 1. The molecule has 5 aliphatic heterocycles. The minimum atomic E-state index is -0.574. The lowest BCUT2D eigenvalue weighted by Crippen LogP contribution is -2.51. The maximum absolute atomic E-state index is 16.9. The molecule has 8 nitrogen and oxygen atoms in total. The van der Waals surface area contributed by atoms with Gasteiger partial charge in [-0.15, -0.1) is 6.42 Å². The summed E-state index contributed by atoms with van der Waals surface area (Å²) in [6, 6.07) is 7.26. The number of fused-ring (bicyclic) bond motifs is 5. The highest BCUT2D eigenvalue weighted by molar-refractivity contribution is 7.97. The molecule has 2 N–H and O–H groups in total. The van der Waals surface area contributed by atoms with Gasteiger partial charge in [0.1, 0.15) is 28.3 Å². The van der Waals surface area contributed by atoms with Crippen molar-refractivity contribution in [1.82, 2.24) is 24.5 Å². The van der Waals surface area contributed by atoms with Crippen molar-refractivity contribution in [3.8, 4) is 24.1 Å². The van der Waals surface area contributed by atoms with Crippen molar-refractivity contribution in [3.63, 3.8) is 0 Å². The molecule has 1 aliphatic carbocycles. The lowest BCUT2D eigenvalue weighted by molar-refractivity contribution is 0.292. The fourth-order valence-corrected chi connectivity index (χ4v) is 9.48. The summed E-state index contributed by atoms with van der Waals surface area (Å²) < 4.78 is 51.8. The van der Waals surface area contributed by atoms with Gasteiger partial charge < -0.3 is 24.4 Å². The normalized spacial score (nSPS) is 26.6. The zero-order valence-corrected chi connectivity index (χ0v) is 27.7. The number of nitrogens with zero attached hydrogens (tertiary/aromatic N) is 5. The fourth-order valence-electron chi connectivity index (χ4n) is 8.17. The van der Waals surface area contributed by atoms with Crippen molar-refractivity contribution < 1.29 is 23.0 Å². The first-order valence-corrected chi connectivity index (χ1v) is 17.7. The predicted octanol–water partition coefficient (Wildman–Crippen LogP) is 6.27. The number of ether oxygens (including phenoxy) is 1. The third-order valence-electron chi connectivity index (χ3n) is 10.7. The van der Waals surface area contributed by atoms with E-state index >= 15 is 4.39 Å². The molecule has 252 valence electrons. The summed E-state index contributed by atoms with van der Waals surface area (Å²) in [6.45, 7) is 3.40. The third kappa shape index (κ3) is 5.53. The number of halogens is 3. The molecule has 9 rings (SSSR count). The fraction of sp³-hybridized carbons (Fsp3) is 0.500. The van der Waals surface area contributed by atoms with Crippen molar-refractivity contribution in [2.45, 2.75) is 86.6 Å². The van der Waals surface area contributed by atoms with E-state index in [1.165, 1.54) is 50.1 Å². The molecule has 6 heterocycles. The zero-order valence-electron chi connectivity index (χ0n) is 26.9. The van der Waals surface area contributed by atoms with Crippen molar-refractivity contribution in [2.24, 2.45) is 0 Å². The smallest absolute Gasteiger partial charge is 0.318 e. The van der Waals surface area contributed by atoms with Crippen molar-refractivity contribution in [3.05, 3.63) is 46.9 Å². The van der Waals surface area contributed by atoms with Gasteiger partial charge in [-0.2, -0.15) is 9.97 Å². The molecule has 3 aromatic rings. The molecule has 0 radical (unpaired) electrons. The van der Waals surface area contributed by atoms with Gasteiger partial charge in [0.25, 0.3) is 0 Å². The Bertz CT molecular complexity index is 1810. The molecular formula is C36H39F3N6O2S. The number of alkyl halides is 1. The number of rotatable bonds is 4. The van der Waals surface area contributed by atoms with Crippen LogP contribution in [0.5, 0.6) is 11.8 Å². The first-order chi connectivity index (χ1) is 23.3. The Balaban J connectivity index is 0.000000321. The molecule has 48 heavy (non-hydrogen) atoms. The van der Waals surface area contributed by atoms with Gasteiger partial charge >= 0.3 is 6.01 Å². The summed E-state index contributed by atoms with van der Waals surface area (Å²) in [6.07, 6.45) is 13.6. The molecule has 0 spiro atoms. The van der Waals surface area contributed by atoms with Crippen LogP contribution >= 0.6 is 11.9 Å². The lowest BCUT2D eigenvalue weighted by atomic mass is 9.90. The van der Waals surface area contributed by atoms with E-state index in [4.69, 9.17) is 16.1 Å². The Hall–Kier alpha value is -3.66. The van der Waals surface area contributed by atoms with Crippen LogP contribution in [-0.4, -0.2) is 87.9 Å². The predicted molar refractivity (Wildman–Crippen MR) is 182 cm³/mol. The molecule has 2 bridgehead atoms. The molecule has 4 unspecified atom stereocenters. The number of hydrogen-bond donors (Lipinski definition) is 2. The van der Waals surface area contributed by atoms with Gasteiger partial charge in [0, 0.05) is 54.8 Å². The Morgan fingerprint density at radius 3 is 2.48 bits per heavy atom. The standard InChI is InChI=1S/C29H27F2N5O2S.C7H12FN/c1-3-20-22(30)10-7-15-11-19(37)12-21(23(15)20)26-24(31)25-27(39-36(26)18-5-4-6-18)28(34-29(33-25)38-2)35-13-16-8-9-17(14-35)32-16;8-6-4-7-2-1-3-9(7)5-6/h1,7,10-12,16-18,32,37H,4-6,8-9,13-14H2,2H3;6-7H,1-5H2. The molecule has 2 aromatic carbocycles. The average Bonchev–Trinajstić information content (AvgIpc) is 3.74. The second-order valence-corrected chi connectivity index (χ2v) is 14.7. The van der Waals surface area contributed by atoms with E-state index in [1.54, 1.807) is 6.07 Å². The number of aromatic hydroxyl groups is 1. The van der Waals surface area contributed by atoms with Gasteiger partial charge in [-0.25, -0.2) is 13.2 Å². The van der Waals surface area contributed by atoms with Crippen LogP contribution in [0.1, 0.15) is 68.2 Å². The number of methoxy groups -OCH3 is 1. The quantitative estimate of drug-likeness (QED) is 0.246. The van der Waals surface area contributed by atoms with Crippen LogP contribution in [0.25, 0.3) is 22.3 Å². The second-order valence-electron chi connectivity index (χ2n) is 13.7. The number of phenolic OH excluding ortho intramolecular Hbond substituents is 1. The Labute approximate surface area is 282 Å². The number of terminal acetylenes is 1. The number of anilines is 1. The number of piperazine rings is 1. The van der Waals surface area contributed by atoms with Gasteiger partial charge in [-0.3, -0.25) is 4.90 Å². The average molecular weight is 677 g/mol. The second kappa shape index (κ2) is 12.7. The van der Waals surface area contributed by atoms with Gasteiger partial charge in [0.2, 0.25) is 0 Å². The zero-order chi connectivity index (χ0) is 33.1. The molecule has 1 aromatic heterocycles. The Kier molecular flexibility index (Phi) is 8.33. The number of benzene rings is 2. The molecule has 0 amide bonds. The molecule has 4 saturated heterocycles. The summed E-state index contributed by atoms with van der Waals surface area (Å²) in [4.78, 5) is 14.3. The van der Waals surface area contributed by atoms with Gasteiger partial charge in [0.15, 0.2) is 11.6 Å². The van der Waals surface area contributed by atoms with E-state index < -0.39 is 17.8 Å². The molecular weight excluding hydrogens is 637 g/mol. The minimum absolute atomic E-state index is 0.0319. The van der Waals surface area contributed by atoms with E-state index in [9.17, 15) is 13.9 Å². The van der Waals surface area contributed by atoms with Crippen LogP contribution in [0.4, 0.5) is 19.0 Å². The van der Waals surface area contributed by atoms with E-state index in [0.717, 1.165) is 58.2 Å². The summed E-state index contributed by atoms with van der Waals surface area (Å²) >= 11 is 1.41. The minimum Gasteiger partial charge on any atom is -0.508 e. The molecule has 4 atom stereocenters. The number of hydrogen-bond acceptors (Lipinski definition) is 9. The van der Waals surface area contributed by atoms with Gasteiger partial charge in [-0.1, -0.05) is 12.0 Å². The number of phenols is 1. The van der Waals surface area contributed by atoms with E-state index in [0.29, 0.717) is 51.7 Å². The molecule has 5 fully saturated rings. The van der Waals surface area contributed by atoms with Gasteiger partial charge in [-0.05, 0) is 93.4 Å². The van der Waals surface area contributed by atoms with E-state index in [1.807, 2.05) is 4.31 Å². The summed E-state index contributed by atoms with van der Waals surface area (Å²) in [5.74, 6) is 1.90. The maximum Gasteiger partial charge on any atom is 0.318 e. The topological polar surface area (TPSA) is 77.0 Å². The summed E-state index contributed by atoms with van der Waals surface area (Å²) in [5, 5.41) is 15.2.